The van der Waals surface area contributed by atoms with E-state index in [1.807, 2.05) is 0 Å². The summed E-state index contributed by atoms with van der Waals surface area (Å²) in [6.45, 7) is -0.0116. The maximum absolute atomic E-state index is 11.1. The second kappa shape index (κ2) is 8.09. The molecule has 0 amide bonds. The molecule has 0 aliphatic heterocycles. The third-order valence-corrected chi connectivity index (χ3v) is 2.34. The molecule has 0 radical (unpaired) electrons. The highest BCUT2D eigenvalue weighted by Gasteiger charge is 2.48. The molecule has 0 aliphatic rings. The number of carbonyl (C=O) groups excluding carboxylic acids is 1. The number of carboxylic acid groups (broad SMARTS) is 1. The van der Waals surface area contributed by atoms with Crippen LogP contribution in [-0.4, -0.2) is 73.3 Å². The van der Waals surface area contributed by atoms with Gasteiger partial charge in [0.2, 0.25) is 0 Å². The lowest BCUT2D eigenvalue weighted by atomic mass is 10.0. The van der Waals surface area contributed by atoms with E-state index < -0.39 is 55.5 Å². The predicted octanol–water partition coefficient (Wildman–Crippen LogP) is -2.89. The van der Waals surface area contributed by atoms with Crippen molar-refractivity contribution in [2.24, 2.45) is 0 Å². The summed E-state index contributed by atoms with van der Waals surface area (Å²) in [5.41, 5.74) is 0. The largest absolute Gasteiger partial charge is 0.481 e. The van der Waals surface area contributed by atoms with Crippen LogP contribution in [0.15, 0.2) is 0 Å². The second-order valence-electron chi connectivity index (χ2n) is 4.07. The van der Waals surface area contributed by atoms with Gasteiger partial charge in [0.25, 0.3) is 5.79 Å². The zero-order valence-electron chi connectivity index (χ0n) is 10.7. The smallest absolute Gasteiger partial charge is 0.343 e. The first-order chi connectivity index (χ1) is 9.15. The highest BCUT2D eigenvalue weighted by Crippen LogP contribution is 2.21. The summed E-state index contributed by atoms with van der Waals surface area (Å²) in [6, 6.07) is 0. The van der Waals surface area contributed by atoms with Gasteiger partial charge in [0.05, 0.1) is 25.6 Å². The van der Waals surface area contributed by atoms with Gasteiger partial charge < -0.3 is 30.6 Å². The van der Waals surface area contributed by atoms with E-state index in [9.17, 15) is 24.9 Å². The molecule has 0 aromatic carbocycles. The van der Waals surface area contributed by atoms with Crippen LogP contribution in [0.2, 0.25) is 0 Å². The van der Waals surface area contributed by atoms with Crippen LogP contribution in [-0.2, 0) is 19.4 Å². The van der Waals surface area contributed by atoms with Crippen molar-refractivity contribution in [3.05, 3.63) is 0 Å². The van der Waals surface area contributed by atoms with Crippen LogP contribution in [0, 0.1) is 0 Å². The average molecular weight is 298 g/mol. The summed E-state index contributed by atoms with van der Waals surface area (Å²) >= 11 is 0. The van der Waals surface area contributed by atoms with Gasteiger partial charge in [0, 0.05) is 0 Å². The number of aliphatic hydroxyl groups is 5. The van der Waals surface area contributed by atoms with Gasteiger partial charge in [-0.2, -0.15) is 0 Å². The van der Waals surface area contributed by atoms with Crippen LogP contribution in [0.4, 0.5) is 0 Å². The number of aliphatic carboxylic acids is 1. The third-order valence-electron chi connectivity index (χ3n) is 2.34. The fourth-order valence-electron chi connectivity index (χ4n) is 1.14. The Morgan fingerprint density at radius 2 is 1.75 bits per heavy atom. The van der Waals surface area contributed by atoms with Gasteiger partial charge in [-0.05, 0) is 6.92 Å². The van der Waals surface area contributed by atoms with Crippen LogP contribution in [0.1, 0.15) is 19.8 Å². The Kier molecular flexibility index (Phi) is 7.57. The van der Waals surface area contributed by atoms with E-state index in [2.05, 4.69) is 9.78 Å². The summed E-state index contributed by atoms with van der Waals surface area (Å²) in [7, 11) is 0. The Labute approximate surface area is 113 Å². The van der Waals surface area contributed by atoms with Crippen molar-refractivity contribution in [3.63, 3.8) is 0 Å². The summed E-state index contributed by atoms with van der Waals surface area (Å²) in [5.74, 6) is -5.42. The lowest BCUT2D eigenvalue weighted by molar-refractivity contribution is -0.441. The van der Waals surface area contributed by atoms with Crippen molar-refractivity contribution in [3.8, 4) is 0 Å². The second-order valence-corrected chi connectivity index (χ2v) is 4.07. The molecule has 0 saturated carbocycles. The summed E-state index contributed by atoms with van der Waals surface area (Å²) in [4.78, 5) is 29.6. The number of aliphatic hydroxyl groups excluding tert-OH is 4. The minimum Gasteiger partial charge on any atom is -0.481 e. The van der Waals surface area contributed by atoms with Crippen molar-refractivity contribution in [2.75, 3.05) is 6.61 Å². The molecular weight excluding hydrogens is 280 g/mol. The van der Waals surface area contributed by atoms with E-state index in [1.54, 1.807) is 0 Å². The van der Waals surface area contributed by atoms with E-state index in [-0.39, 0.29) is 0 Å². The number of carbonyl (C=O) groups is 2. The molecule has 0 aliphatic carbocycles. The van der Waals surface area contributed by atoms with Gasteiger partial charge in [-0.25, -0.2) is 4.79 Å². The van der Waals surface area contributed by atoms with Crippen LogP contribution < -0.4 is 0 Å². The van der Waals surface area contributed by atoms with E-state index in [1.165, 1.54) is 0 Å². The van der Waals surface area contributed by atoms with Crippen LogP contribution in [0.5, 0.6) is 0 Å². The van der Waals surface area contributed by atoms with E-state index in [4.69, 9.17) is 15.3 Å². The van der Waals surface area contributed by atoms with Crippen LogP contribution >= 0.6 is 0 Å². The molecule has 4 atom stereocenters. The number of rotatable bonds is 9. The molecule has 10 heteroatoms. The number of carboxylic acids is 1. The Bertz CT molecular complexity index is 330. The van der Waals surface area contributed by atoms with E-state index >= 15 is 0 Å². The van der Waals surface area contributed by atoms with Gasteiger partial charge in [0.15, 0.2) is 0 Å². The van der Waals surface area contributed by atoms with Crippen LogP contribution in [0.25, 0.3) is 0 Å². The SMILES string of the molecule is C[C@H](O)[C@@H](O)[C@](O)(OOC(=O)CCC(=O)O)[C@H](O)CO. The number of hydrogen-bond acceptors (Lipinski definition) is 9. The monoisotopic (exact) mass is 298 g/mol. The normalized spacial score (nSPS) is 18.7. The Morgan fingerprint density at radius 1 is 1.20 bits per heavy atom. The van der Waals surface area contributed by atoms with Gasteiger partial charge in [0.1, 0.15) is 12.2 Å². The first kappa shape index (κ1) is 18.7. The van der Waals surface area contributed by atoms with Gasteiger partial charge >= 0.3 is 11.9 Å². The lowest BCUT2D eigenvalue weighted by Crippen LogP contribution is -2.59. The van der Waals surface area contributed by atoms with Gasteiger partial charge in [-0.3, -0.25) is 9.68 Å². The highest BCUT2D eigenvalue weighted by molar-refractivity contribution is 5.76. The average Bonchev–Trinajstić information content (AvgIpc) is 2.40. The zero-order chi connectivity index (χ0) is 15.9. The van der Waals surface area contributed by atoms with Gasteiger partial charge in [-0.15, -0.1) is 4.89 Å². The van der Waals surface area contributed by atoms with E-state index in [0.29, 0.717) is 0 Å². The Morgan fingerprint density at radius 3 is 2.15 bits per heavy atom. The molecule has 0 spiro atoms. The maximum atomic E-state index is 11.1. The molecule has 0 aromatic heterocycles. The standard InChI is InChI=1S/C10H18O10/c1-5(12)9(17)10(18,6(13)4-11)20-19-8(16)3-2-7(14)15/h5-6,9,11-13,17-18H,2-4H2,1H3,(H,14,15)/t5-,6+,9+,10+/m0/s1. The van der Waals surface area contributed by atoms with Crippen molar-refractivity contribution >= 4 is 11.9 Å². The molecule has 0 saturated heterocycles. The lowest BCUT2D eigenvalue weighted by Gasteiger charge is -2.34. The first-order valence-electron chi connectivity index (χ1n) is 5.62. The van der Waals surface area contributed by atoms with Gasteiger partial charge in [-0.1, -0.05) is 0 Å². The first-order valence-corrected chi connectivity index (χ1v) is 5.62. The molecule has 0 heterocycles. The summed E-state index contributed by atoms with van der Waals surface area (Å²) < 4.78 is 0. The Hall–Kier alpha value is -1.30. The zero-order valence-corrected chi connectivity index (χ0v) is 10.7. The van der Waals surface area contributed by atoms with Crippen molar-refractivity contribution in [1.29, 1.82) is 0 Å². The molecular formula is C10H18O10. The minimum absolute atomic E-state index is 0.553. The summed E-state index contributed by atoms with van der Waals surface area (Å²) in [5, 5.41) is 54.9. The molecule has 6 N–H and O–H groups in total. The molecule has 0 bridgehead atoms. The summed E-state index contributed by atoms with van der Waals surface area (Å²) in [6.07, 6.45) is -6.90. The fraction of sp³-hybridized carbons (Fsp3) is 0.800. The molecule has 0 aromatic rings. The molecule has 118 valence electrons. The number of hydrogen-bond donors (Lipinski definition) is 6. The molecule has 0 fully saturated rings. The molecule has 10 nitrogen and oxygen atoms in total. The van der Waals surface area contributed by atoms with E-state index in [0.717, 1.165) is 6.92 Å². The van der Waals surface area contributed by atoms with Crippen molar-refractivity contribution in [2.45, 2.75) is 43.9 Å². The topological polar surface area (TPSA) is 174 Å². The highest BCUT2D eigenvalue weighted by atomic mass is 17.2. The van der Waals surface area contributed by atoms with Crippen molar-refractivity contribution < 1.29 is 50.0 Å². The minimum atomic E-state index is -2.97. The maximum Gasteiger partial charge on any atom is 0.343 e. The van der Waals surface area contributed by atoms with Crippen molar-refractivity contribution in [1.82, 2.24) is 0 Å². The fourth-order valence-corrected chi connectivity index (χ4v) is 1.14. The predicted molar refractivity (Wildman–Crippen MR) is 59.8 cm³/mol. The third kappa shape index (κ3) is 5.36. The molecule has 20 heavy (non-hydrogen) atoms. The van der Waals surface area contributed by atoms with Crippen LogP contribution in [0.3, 0.4) is 0 Å². The molecule has 0 rings (SSSR count). The quantitative estimate of drug-likeness (QED) is 0.147. The molecule has 0 unspecified atom stereocenters. The Balaban J connectivity index is 4.67.